The van der Waals surface area contributed by atoms with Gasteiger partial charge in [0.1, 0.15) is 23.0 Å². The first-order valence-electron chi connectivity index (χ1n) is 9.60. The number of benzene rings is 2. The molecule has 0 fully saturated rings. The number of sulfonamides is 1. The molecule has 2 rings (SSSR count). The van der Waals surface area contributed by atoms with Gasteiger partial charge in [0.15, 0.2) is 0 Å². The Bertz CT molecular complexity index is 1090. The van der Waals surface area contributed by atoms with Crippen LogP contribution in [0.5, 0.6) is 23.0 Å². The molecule has 33 heavy (non-hydrogen) atoms. The highest BCUT2D eigenvalue weighted by molar-refractivity contribution is 7.88. The molecule has 180 valence electrons. The third-order valence-electron chi connectivity index (χ3n) is 4.49. The van der Waals surface area contributed by atoms with Gasteiger partial charge < -0.3 is 28.8 Å². The van der Waals surface area contributed by atoms with Crippen molar-refractivity contribution < 1.29 is 42.0 Å². The summed E-state index contributed by atoms with van der Waals surface area (Å²) in [4.78, 5) is 11.9. The normalized spacial score (nSPS) is 13.3. The van der Waals surface area contributed by atoms with Gasteiger partial charge in [0.25, 0.3) is 5.79 Å². The number of methoxy groups -OCH3 is 4. The van der Waals surface area contributed by atoms with Crippen molar-refractivity contribution in [3.63, 3.8) is 0 Å². The van der Waals surface area contributed by atoms with Crippen LogP contribution in [0.25, 0.3) is 6.08 Å². The van der Waals surface area contributed by atoms with E-state index in [1.807, 2.05) is 0 Å². The van der Waals surface area contributed by atoms with Crippen molar-refractivity contribution in [2.75, 3.05) is 28.4 Å². The molecular weight excluding hydrogens is 454 g/mol. The van der Waals surface area contributed by atoms with Crippen LogP contribution in [-0.4, -0.2) is 53.7 Å². The van der Waals surface area contributed by atoms with Crippen LogP contribution in [0.3, 0.4) is 0 Å². The number of rotatable bonds is 11. The van der Waals surface area contributed by atoms with Gasteiger partial charge in [-0.3, -0.25) is 4.72 Å². The monoisotopic (exact) mass is 481 g/mol. The molecule has 11 heteroatoms. The van der Waals surface area contributed by atoms with E-state index in [1.54, 1.807) is 18.2 Å². The van der Waals surface area contributed by atoms with E-state index in [2.05, 4.69) is 9.46 Å². The van der Waals surface area contributed by atoms with E-state index in [0.717, 1.165) is 14.0 Å². The maximum absolute atomic E-state index is 12.5. The number of carbonyl (C=O) groups excluding carboxylic acids is 1. The molecule has 0 bridgehead atoms. The molecule has 1 unspecified atom stereocenters. The van der Waals surface area contributed by atoms with E-state index in [1.165, 1.54) is 51.8 Å². The van der Waals surface area contributed by atoms with Crippen molar-refractivity contribution >= 4 is 22.1 Å². The van der Waals surface area contributed by atoms with Crippen LogP contribution in [-0.2, 0) is 25.3 Å². The first-order chi connectivity index (χ1) is 15.5. The summed E-state index contributed by atoms with van der Waals surface area (Å²) >= 11 is 0. The maximum Gasteiger partial charge on any atom is 0.371 e. The lowest BCUT2D eigenvalue weighted by Crippen LogP contribution is -2.40. The average Bonchev–Trinajstić information content (AvgIpc) is 2.78. The molecule has 0 heterocycles. The summed E-state index contributed by atoms with van der Waals surface area (Å²) in [5, 5.41) is 9.77. The van der Waals surface area contributed by atoms with Crippen LogP contribution in [0.2, 0.25) is 0 Å². The predicted molar refractivity (Wildman–Crippen MR) is 121 cm³/mol. The molecule has 2 N–H and O–H groups in total. The Balaban J connectivity index is 2.14. The highest BCUT2D eigenvalue weighted by Crippen LogP contribution is 2.34. The van der Waals surface area contributed by atoms with Crippen molar-refractivity contribution in [3.8, 4) is 23.0 Å². The third kappa shape index (κ3) is 7.11. The van der Waals surface area contributed by atoms with Gasteiger partial charge in [-0.1, -0.05) is 12.1 Å². The second kappa shape index (κ2) is 11.0. The largest absolute Gasteiger partial charge is 0.496 e. The molecule has 0 spiro atoms. The van der Waals surface area contributed by atoms with Crippen molar-refractivity contribution in [2.24, 2.45) is 0 Å². The van der Waals surface area contributed by atoms with Crippen LogP contribution >= 0.6 is 0 Å². The number of ether oxygens (including phenoxy) is 5. The highest BCUT2D eigenvalue weighted by atomic mass is 32.2. The first kappa shape index (κ1) is 26.0. The van der Waals surface area contributed by atoms with Gasteiger partial charge in [-0.25, -0.2) is 13.2 Å². The van der Waals surface area contributed by atoms with Gasteiger partial charge in [0, 0.05) is 32.4 Å². The van der Waals surface area contributed by atoms with E-state index in [0.29, 0.717) is 28.4 Å². The van der Waals surface area contributed by atoms with Crippen molar-refractivity contribution in [3.05, 3.63) is 53.7 Å². The van der Waals surface area contributed by atoms with Crippen LogP contribution < -0.4 is 23.7 Å². The molecule has 0 radical (unpaired) electrons. The molecule has 0 saturated carbocycles. The molecule has 0 amide bonds. The second-order valence-corrected chi connectivity index (χ2v) is 8.63. The Morgan fingerprint density at radius 3 is 2.21 bits per heavy atom. The van der Waals surface area contributed by atoms with E-state index in [9.17, 15) is 18.3 Å². The van der Waals surface area contributed by atoms with Gasteiger partial charge in [0.05, 0.1) is 32.6 Å². The Hall–Kier alpha value is -3.28. The summed E-state index contributed by atoms with van der Waals surface area (Å²) in [7, 11) is 1.82. The Labute approximate surface area is 192 Å². The highest BCUT2D eigenvalue weighted by Gasteiger charge is 2.32. The average molecular weight is 482 g/mol. The predicted octanol–water partition coefficient (Wildman–Crippen LogP) is 2.06. The zero-order chi connectivity index (χ0) is 24.6. The molecule has 2 aromatic carbocycles. The number of aliphatic hydroxyl groups is 1. The maximum atomic E-state index is 12.5. The molecule has 0 aliphatic heterocycles. The zero-order valence-electron chi connectivity index (χ0n) is 18.9. The fraction of sp³-hybridized carbons (Fsp3) is 0.318. The quantitative estimate of drug-likeness (QED) is 0.281. The fourth-order valence-corrected chi connectivity index (χ4v) is 3.64. The lowest BCUT2D eigenvalue weighted by Gasteiger charge is -2.19. The summed E-state index contributed by atoms with van der Waals surface area (Å²) in [6.07, 6.45) is 2.75. The van der Waals surface area contributed by atoms with Crippen LogP contribution in [0.15, 0.2) is 42.6 Å². The Morgan fingerprint density at radius 2 is 1.67 bits per heavy atom. The van der Waals surface area contributed by atoms with E-state index < -0.39 is 21.8 Å². The topological polar surface area (TPSA) is 130 Å². The fourth-order valence-electron chi connectivity index (χ4n) is 2.66. The molecule has 1 atom stereocenters. The van der Waals surface area contributed by atoms with Gasteiger partial charge in [0.2, 0.25) is 10.0 Å². The molecule has 0 aliphatic carbocycles. The minimum absolute atomic E-state index is 0.0632. The summed E-state index contributed by atoms with van der Waals surface area (Å²) in [6, 6.07) is 9.20. The zero-order valence-corrected chi connectivity index (χ0v) is 19.8. The Kier molecular flexibility index (Phi) is 8.69. The number of hydrogen-bond donors (Lipinski definition) is 2. The minimum atomic E-state index is -3.79. The molecule has 0 saturated heterocycles. The SMILES string of the molecule is COc1cc(OC)c(C=CNS(=O)(=O)Cc2cccc(OC(=O)C(C)(O)OC)c2)c(OC)c1. The summed E-state index contributed by atoms with van der Waals surface area (Å²) in [5.74, 6) is -2.10. The summed E-state index contributed by atoms with van der Waals surface area (Å²) in [6.45, 7) is 1.13. The van der Waals surface area contributed by atoms with Crippen molar-refractivity contribution in [2.45, 2.75) is 18.5 Å². The van der Waals surface area contributed by atoms with Crippen molar-refractivity contribution in [1.82, 2.24) is 4.72 Å². The molecular formula is C22H27NO9S. The summed E-state index contributed by atoms with van der Waals surface area (Å²) < 4.78 is 53.0. The van der Waals surface area contributed by atoms with Gasteiger partial charge in [-0.2, -0.15) is 0 Å². The molecule has 10 nitrogen and oxygen atoms in total. The van der Waals surface area contributed by atoms with Crippen molar-refractivity contribution in [1.29, 1.82) is 0 Å². The van der Waals surface area contributed by atoms with E-state index in [-0.39, 0.29) is 11.5 Å². The van der Waals surface area contributed by atoms with E-state index >= 15 is 0 Å². The molecule has 0 aromatic heterocycles. The van der Waals surface area contributed by atoms with Crippen LogP contribution in [0.4, 0.5) is 0 Å². The van der Waals surface area contributed by atoms with Gasteiger partial charge in [-0.05, 0) is 23.8 Å². The van der Waals surface area contributed by atoms with Gasteiger partial charge in [-0.15, -0.1) is 0 Å². The standard InChI is InChI=1S/C22H27NO9S/c1-22(25,31-5)21(24)32-16-8-6-7-15(11-16)14-33(26,27)23-10-9-18-19(29-3)12-17(28-2)13-20(18)30-4/h6-13,23,25H,14H2,1-5H3. The Morgan fingerprint density at radius 1 is 1.03 bits per heavy atom. The van der Waals surface area contributed by atoms with Gasteiger partial charge >= 0.3 is 5.97 Å². The second-order valence-electron chi connectivity index (χ2n) is 6.88. The third-order valence-corrected chi connectivity index (χ3v) is 5.70. The molecule has 0 aliphatic rings. The first-order valence-corrected chi connectivity index (χ1v) is 11.3. The lowest BCUT2D eigenvalue weighted by atomic mass is 10.1. The van der Waals surface area contributed by atoms with E-state index in [4.69, 9.17) is 18.9 Å². The van der Waals surface area contributed by atoms with Crippen LogP contribution in [0.1, 0.15) is 18.1 Å². The summed E-state index contributed by atoms with van der Waals surface area (Å²) in [5.41, 5.74) is 0.875. The lowest BCUT2D eigenvalue weighted by molar-refractivity contribution is -0.203. The molecule has 2 aromatic rings. The minimum Gasteiger partial charge on any atom is -0.496 e. The number of hydrogen-bond acceptors (Lipinski definition) is 9. The van der Waals surface area contributed by atoms with Crippen LogP contribution in [0, 0.1) is 0 Å². The smallest absolute Gasteiger partial charge is 0.371 e. The number of nitrogens with one attached hydrogen (secondary N) is 1. The number of carbonyl (C=O) groups is 1. The number of esters is 1.